The number of nitrogens with one attached hydrogen (secondary N) is 1. The van der Waals surface area contributed by atoms with Crippen LogP contribution in [0.5, 0.6) is 5.75 Å². The molecule has 1 atom stereocenters. The minimum atomic E-state index is -4.27. The van der Waals surface area contributed by atoms with Crippen molar-refractivity contribution >= 4 is 43.5 Å². The molecule has 40 heavy (non-hydrogen) atoms. The molecule has 0 saturated heterocycles. The van der Waals surface area contributed by atoms with E-state index in [4.69, 9.17) is 4.74 Å². The number of anilines is 1. The minimum absolute atomic E-state index is 0.0716. The highest BCUT2D eigenvalue weighted by Crippen LogP contribution is 2.26. The Bertz CT molecular complexity index is 1400. The van der Waals surface area contributed by atoms with Crippen LogP contribution in [-0.2, 0) is 26.2 Å². The number of methoxy groups -OCH3 is 1. The van der Waals surface area contributed by atoms with Gasteiger partial charge in [-0.1, -0.05) is 41.9 Å². The summed E-state index contributed by atoms with van der Waals surface area (Å²) in [6, 6.07) is 16.9. The predicted octanol–water partition coefficient (Wildman–Crippen LogP) is 4.98. The molecule has 0 heterocycles. The van der Waals surface area contributed by atoms with Gasteiger partial charge in [0.1, 0.15) is 24.2 Å². The van der Waals surface area contributed by atoms with Gasteiger partial charge in [-0.3, -0.25) is 13.9 Å². The second kappa shape index (κ2) is 13.8. The molecule has 11 heteroatoms. The summed E-state index contributed by atoms with van der Waals surface area (Å²) in [6.07, 6.45) is 0. The topological polar surface area (TPSA) is 96.0 Å². The largest absolute Gasteiger partial charge is 0.497 e. The fourth-order valence-corrected chi connectivity index (χ4v) is 5.51. The molecule has 0 aromatic heterocycles. The lowest BCUT2D eigenvalue weighted by atomic mass is 10.1. The molecule has 3 rings (SSSR count). The zero-order valence-corrected chi connectivity index (χ0v) is 25.2. The Labute approximate surface area is 243 Å². The van der Waals surface area contributed by atoms with Gasteiger partial charge < -0.3 is 15.0 Å². The molecular weight excluding hydrogens is 601 g/mol. The second-order valence-electron chi connectivity index (χ2n) is 9.63. The first-order valence-electron chi connectivity index (χ1n) is 12.7. The first-order chi connectivity index (χ1) is 18.9. The van der Waals surface area contributed by atoms with E-state index in [2.05, 4.69) is 21.2 Å². The highest BCUT2D eigenvalue weighted by atomic mass is 79.9. The average molecular weight is 635 g/mol. The molecule has 0 spiro atoms. The van der Waals surface area contributed by atoms with Gasteiger partial charge in [0, 0.05) is 17.6 Å². The van der Waals surface area contributed by atoms with Crippen LogP contribution in [0.1, 0.15) is 26.3 Å². The van der Waals surface area contributed by atoms with E-state index in [-0.39, 0.29) is 29.0 Å². The maximum absolute atomic E-state index is 13.9. The van der Waals surface area contributed by atoms with Gasteiger partial charge in [0.15, 0.2) is 0 Å². The zero-order valence-electron chi connectivity index (χ0n) is 22.8. The second-order valence-corrected chi connectivity index (χ2v) is 12.4. The van der Waals surface area contributed by atoms with Crippen LogP contribution in [-0.4, -0.2) is 51.4 Å². The number of rotatable bonds is 12. The monoisotopic (exact) mass is 633 g/mol. The van der Waals surface area contributed by atoms with Crippen molar-refractivity contribution in [3.63, 3.8) is 0 Å². The summed E-state index contributed by atoms with van der Waals surface area (Å²) >= 11 is 3.39. The minimum Gasteiger partial charge on any atom is -0.497 e. The molecule has 1 N–H and O–H groups in total. The number of carbonyl (C=O) groups is 2. The molecular formula is C29H33BrFN3O5S. The smallest absolute Gasteiger partial charge is 0.264 e. The Hall–Kier alpha value is -3.44. The molecule has 0 aliphatic heterocycles. The van der Waals surface area contributed by atoms with Gasteiger partial charge in [0.2, 0.25) is 11.8 Å². The van der Waals surface area contributed by atoms with Crippen LogP contribution in [0.25, 0.3) is 0 Å². The molecule has 8 nitrogen and oxygen atoms in total. The highest BCUT2D eigenvalue weighted by Gasteiger charge is 2.32. The maximum Gasteiger partial charge on any atom is 0.264 e. The fourth-order valence-electron chi connectivity index (χ4n) is 3.83. The first kappa shape index (κ1) is 31.1. The lowest BCUT2D eigenvalue weighted by Crippen LogP contribution is -2.51. The van der Waals surface area contributed by atoms with E-state index in [1.165, 1.54) is 48.4 Å². The van der Waals surface area contributed by atoms with Crippen molar-refractivity contribution in [1.82, 2.24) is 10.2 Å². The molecule has 0 bridgehead atoms. The third-order valence-electron chi connectivity index (χ3n) is 6.16. The van der Waals surface area contributed by atoms with E-state index in [1.807, 2.05) is 38.1 Å². The normalized spacial score (nSPS) is 12.1. The number of amides is 2. The van der Waals surface area contributed by atoms with Gasteiger partial charge >= 0.3 is 0 Å². The lowest BCUT2D eigenvalue weighted by Gasteiger charge is -2.32. The Morgan fingerprint density at radius 3 is 2.10 bits per heavy atom. The average Bonchev–Trinajstić information content (AvgIpc) is 2.94. The molecule has 3 aromatic carbocycles. The molecule has 3 aromatic rings. The van der Waals surface area contributed by atoms with Gasteiger partial charge in [0.05, 0.1) is 17.7 Å². The van der Waals surface area contributed by atoms with E-state index in [0.29, 0.717) is 12.3 Å². The number of benzene rings is 3. The summed E-state index contributed by atoms with van der Waals surface area (Å²) in [4.78, 5) is 28.1. The molecule has 2 amide bonds. The van der Waals surface area contributed by atoms with Crippen molar-refractivity contribution in [1.29, 1.82) is 0 Å². The molecule has 0 radical (unpaired) electrons. The summed E-state index contributed by atoms with van der Waals surface area (Å²) in [5.74, 6) is -0.841. The van der Waals surface area contributed by atoms with Crippen molar-refractivity contribution in [2.75, 3.05) is 24.5 Å². The van der Waals surface area contributed by atoms with Gasteiger partial charge in [-0.25, -0.2) is 12.8 Å². The van der Waals surface area contributed by atoms with Gasteiger partial charge in [-0.2, -0.15) is 0 Å². The van der Waals surface area contributed by atoms with Crippen LogP contribution in [0.15, 0.2) is 82.2 Å². The molecule has 214 valence electrons. The number of sulfonamides is 1. The highest BCUT2D eigenvalue weighted by molar-refractivity contribution is 9.10. The van der Waals surface area contributed by atoms with Crippen LogP contribution >= 0.6 is 15.9 Å². The summed E-state index contributed by atoms with van der Waals surface area (Å²) < 4.78 is 48.2. The predicted molar refractivity (Wildman–Crippen MR) is 156 cm³/mol. The van der Waals surface area contributed by atoms with Crippen molar-refractivity contribution in [2.45, 2.75) is 38.3 Å². The zero-order chi connectivity index (χ0) is 29.4. The van der Waals surface area contributed by atoms with Crippen LogP contribution in [0.4, 0.5) is 10.1 Å². The van der Waals surface area contributed by atoms with Crippen molar-refractivity contribution in [3.8, 4) is 5.75 Å². The summed E-state index contributed by atoms with van der Waals surface area (Å²) in [5, 5.41) is 2.84. The number of nitrogens with zero attached hydrogens (tertiary/aromatic N) is 2. The first-order valence-corrected chi connectivity index (χ1v) is 14.9. The maximum atomic E-state index is 13.9. The number of hydrogen-bond acceptors (Lipinski definition) is 5. The van der Waals surface area contributed by atoms with Gasteiger partial charge in [0.25, 0.3) is 10.0 Å². The number of halogens is 2. The molecule has 0 fully saturated rings. The van der Waals surface area contributed by atoms with Crippen molar-refractivity contribution in [3.05, 3.63) is 88.6 Å². The van der Waals surface area contributed by atoms with E-state index >= 15 is 0 Å². The molecule has 0 aliphatic carbocycles. The van der Waals surface area contributed by atoms with Crippen molar-refractivity contribution in [2.24, 2.45) is 5.92 Å². The van der Waals surface area contributed by atoms with Crippen LogP contribution in [0.2, 0.25) is 0 Å². The van der Waals surface area contributed by atoms with Crippen LogP contribution in [0.3, 0.4) is 0 Å². The Morgan fingerprint density at radius 2 is 1.55 bits per heavy atom. The number of ether oxygens (including phenoxy) is 1. The molecule has 1 unspecified atom stereocenters. The van der Waals surface area contributed by atoms with E-state index < -0.39 is 34.3 Å². The fraction of sp³-hybridized carbons (Fsp3) is 0.310. The van der Waals surface area contributed by atoms with Crippen LogP contribution in [0, 0.1) is 11.7 Å². The Morgan fingerprint density at radius 1 is 0.950 bits per heavy atom. The molecule has 0 saturated carbocycles. The Balaban J connectivity index is 2.00. The van der Waals surface area contributed by atoms with Gasteiger partial charge in [-0.05, 0) is 79.1 Å². The molecule has 0 aliphatic rings. The Kier molecular flexibility index (Phi) is 10.7. The number of hydrogen-bond donors (Lipinski definition) is 1. The third-order valence-corrected chi connectivity index (χ3v) is 8.48. The van der Waals surface area contributed by atoms with E-state index in [9.17, 15) is 22.4 Å². The SMILES string of the molecule is COc1ccc(S(=O)(=O)N(CC(=O)N(Cc2ccc(Br)cc2)C(C)C(=O)NCC(C)C)c2ccc(F)cc2)cc1. The summed E-state index contributed by atoms with van der Waals surface area (Å²) in [6.45, 7) is 5.41. The van der Waals surface area contributed by atoms with Gasteiger partial charge in [-0.15, -0.1) is 0 Å². The van der Waals surface area contributed by atoms with Crippen molar-refractivity contribution < 1.29 is 27.1 Å². The van der Waals surface area contributed by atoms with E-state index in [0.717, 1.165) is 26.5 Å². The summed E-state index contributed by atoms with van der Waals surface area (Å²) in [5.41, 5.74) is 0.859. The van der Waals surface area contributed by atoms with E-state index in [1.54, 1.807) is 6.92 Å². The quantitative estimate of drug-likeness (QED) is 0.303. The number of carbonyl (C=O) groups excluding carboxylic acids is 2. The van der Waals surface area contributed by atoms with Crippen LogP contribution < -0.4 is 14.4 Å². The lowest BCUT2D eigenvalue weighted by molar-refractivity contribution is -0.139. The standard InChI is InChI=1S/C29H33BrFN3O5S/c1-20(2)17-32-29(36)21(3)33(18-22-5-7-23(30)8-6-22)28(35)19-34(25-11-9-24(31)10-12-25)40(37,38)27-15-13-26(39-4)14-16-27/h5-16,20-21H,17-19H2,1-4H3,(H,32,36). The third kappa shape index (κ3) is 8.04. The summed E-state index contributed by atoms with van der Waals surface area (Å²) in [7, 11) is -2.80.